The number of hydrogen-bond donors (Lipinski definition) is 1. The number of carbonyl (C=O) groups is 2. The van der Waals surface area contributed by atoms with Gasteiger partial charge in [0, 0.05) is 24.4 Å². The molecule has 4 fully saturated rings. The van der Waals surface area contributed by atoms with Crippen LogP contribution in [0.25, 0.3) is 0 Å². The minimum Gasteiger partial charge on any atom is -0.447 e. The Hall–Kier alpha value is -2.04. The lowest BCUT2D eigenvalue weighted by Gasteiger charge is -2.43. The number of piperidine rings is 1. The van der Waals surface area contributed by atoms with E-state index in [0.29, 0.717) is 18.4 Å². The van der Waals surface area contributed by atoms with E-state index < -0.39 is 0 Å². The van der Waals surface area contributed by atoms with Crippen LogP contribution in [0.15, 0.2) is 24.3 Å². The van der Waals surface area contributed by atoms with Crippen LogP contribution in [0.2, 0.25) is 0 Å². The molecule has 26 heavy (non-hydrogen) atoms. The van der Waals surface area contributed by atoms with Crippen molar-refractivity contribution in [2.45, 2.75) is 50.0 Å². The topological polar surface area (TPSA) is 58.6 Å². The third-order valence-electron chi connectivity index (χ3n) is 7.08. The van der Waals surface area contributed by atoms with E-state index in [1.807, 2.05) is 0 Å². The second kappa shape index (κ2) is 5.24. The Labute approximate surface area is 154 Å². The minimum absolute atomic E-state index is 0.0369. The smallest absolute Gasteiger partial charge is 0.407 e. The summed E-state index contributed by atoms with van der Waals surface area (Å²) in [5, 5.41) is 2.88. The van der Waals surface area contributed by atoms with E-state index in [0.717, 1.165) is 25.9 Å². The predicted molar refractivity (Wildman–Crippen MR) is 96.8 cm³/mol. The fourth-order valence-electron chi connectivity index (χ4n) is 5.33. The van der Waals surface area contributed by atoms with Gasteiger partial charge in [-0.25, -0.2) is 4.79 Å². The van der Waals surface area contributed by atoms with Crippen molar-refractivity contribution in [3.8, 4) is 0 Å². The van der Waals surface area contributed by atoms with E-state index in [1.165, 1.54) is 17.5 Å². The number of ether oxygens (including phenoxy) is 1. The molecule has 5 heteroatoms. The lowest BCUT2D eigenvalue weighted by atomic mass is 9.68. The number of carbonyl (C=O) groups excluding carboxylic acids is 2. The van der Waals surface area contributed by atoms with Gasteiger partial charge in [-0.15, -0.1) is 0 Å². The van der Waals surface area contributed by atoms with Crippen LogP contribution in [-0.4, -0.2) is 42.1 Å². The van der Waals surface area contributed by atoms with Crippen molar-refractivity contribution in [1.29, 1.82) is 0 Å². The third-order valence-corrected chi connectivity index (χ3v) is 7.08. The lowest BCUT2D eigenvalue weighted by Crippen LogP contribution is -2.58. The number of likely N-dealkylation sites (tertiary alicyclic amines) is 1. The zero-order valence-electron chi connectivity index (χ0n) is 15.5. The zero-order chi connectivity index (χ0) is 18.1. The number of nitrogens with one attached hydrogen (secondary N) is 1. The molecular weight excluding hydrogens is 328 g/mol. The Morgan fingerprint density at radius 3 is 2.58 bits per heavy atom. The molecule has 2 saturated heterocycles. The van der Waals surface area contributed by atoms with Crippen LogP contribution in [0.3, 0.4) is 0 Å². The monoisotopic (exact) mass is 354 g/mol. The molecule has 2 amide bonds. The van der Waals surface area contributed by atoms with Gasteiger partial charge in [0.2, 0.25) is 5.91 Å². The molecule has 4 aliphatic rings. The maximum Gasteiger partial charge on any atom is 0.407 e. The highest BCUT2D eigenvalue weighted by Gasteiger charge is 2.63. The lowest BCUT2D eigenvalue weighted by molar-refractivity contribution is -0.140. The number of amides is 2. The molecule has 1 N–H and O–H groups in total. The van der Waals surface area contributed by atoms with Crippen LogP contribution < -0.4 is 5.32 Å². The largest absolute Gasteiger partial charge is 0.447 e. The van der Waals surface area contributed by atoms with Crippen LogP contribution in [0.5, 0.6) is 0 Å². The maximum absolute atomic E-state index is 12.9. The maximum atomic E-state index is 12.9. The second-order valence-corrected chi connectivity index (χ2v) is 9.14. The van der Waals surface area contributed by atoms with Crippen LogP contribution in [0.1, 0.15) is 50.2 Å². The molecule has 2 atom stereocenters. The number of nitrogens with zero attached hydrogens (tertiary/aromatic N) is 1. The second-order valence-electron chi connectivity index (χ2n) is 9.14. The summed E-state index contributed by atoms with van der Waals surface area (Å²) < 4.78 is 5.01. The predicted octanol–water partition coefficient (Wildman–Crippen LogP) is 2.80. The van der Waals surface area contributed by atoms with Gasteiger partial charge < -0.3 is 15.0 Å². The molecule has 0 aromatic heterocycles. The standard InChI is InChI=1S/C21H26N2O3/c1-13(2)14-3-5-16(6-4-14)21-9-17(21)10-23(11-21)18(24)15-7-20(8-15)12-26-19(25)22-20/h3-6,13,15,17H,7-12H2,1-2H3,(H,22,25)/t15-,17?,20+,21?. The number of fused-ring (bicyclic) bond motifs is 1. The van der Waals surface area contributed by atoms with Crippen molar-refractivity contribution in [2.75, 3.05) is 19.7 Å². The molecule has 1 spiro atoms. The van der Waals surface area contributed by atoms with E-state index in [4.69, 9.17) is 4.74 Å². The van der Waals surface area contributed by atoms with Crippen molar-refractivity contribution in [3.05, 3.63) is 35.4 Å². The highest BCUT2D eigenvalue weighted by atomic mass is 16.6. The van der Waals surface area contributed by atoms with E-state index in [2.05, 4.69) is 48.3 Å². The van der Waals surface area contributed by atoms with Crippen LogP contribution in [-0.2, 0) is 14.9 Å². The average Bonchev–Trinajstić information content (AvgIpc) is 2.96. The van der Waals surface area contributed by atoms with Crippen LogP contribution >= 0.6 is 0 Å². The molecule has 5 rings (SSSR count). The Morgan fingerprint density at radius 2 is 1.96 bits per heavy atom. The SMILES string of the molecule is CC(C)c1ccc(C23CC2CN(C(=O)[C@H]2C[C@]4(COC(=O)N4)C2)C3)cc1. The summed E-state index contributed by atoms with van der Waals surface area (Å²) in [5.74, 6) is 1.46. The van der Waals surface area contributed by atoms with Crippen molar-refractivity contribution in [1.82, 2.24) is 10.2 Å². The van der Waals surface area contributed by atoms with Gasteiger partial charge in [0.05, 0.1) is 5.54 Å². The van der Waals surface area contributed by atoms with Crippen molar-refractivity contribution >= 4 is 12.0 Å². The summed E-state index contributed by atoms with van der Waals surface area (Å²) in [6.45, 7) is 6.57. The van der Waals surface area contributed by atoms with Crippen molar-refractivity contribution in [3.63, 3.8) is 0 Å². The fourth-order valence-corrected chi connectivity index (χ4v) is 5.33. The molecule has 2 saturated carbocycles. The highest BCUT2D eigenvalue weighted by Crippen LogP contribution is 2.59. The summed E-state index contributed by atoms with van der Waals surface area (Å²) in [7, 11) is 0. The van der Waals surface area contributed by atoms with Gasteiger partial charge in [0.15, 0.2) is 0 Å². The Bertz CT molecular complexity index is 766. The van der Waals surface area contributed by atoms with E-state index in [-0.39, 0.29) is 28.9 Å². The number of alkyl carbamates (subject to hydrolysis) is 1. The van der Waals surface area contributed by atoms with Gasteiger partial charge >= 0.3 is 6.09 Å². The van der Waals surface area contributed by atoms with Gasteiger partial charge in [-0.05, 0) is 42.2 Å². The summed E-state index contributed by atoms with van der Waals surface area (Å²) in [6.07, 6.45) is 2.29. The van der Waals surface area contributed by atoms with Gasteiger partial charge in [-0.3, -0.25) is 4.79 Å². The highest BCUT2D eigenvalue weighted by molar-refractivity contribution is 5.82. The average molecular weight is 354 g/mol. The molecule has 5 nitrogen and oxygen atoms in total. The Morgan fingerprint density at radius 1 is 1.23 bits per heavy atom. The zero-order valence-corrected chi connectivity index (χ0v) is 15.5. The number of cyclic esters (lactones) is 1. The molecule has 138 valence electrons. The van der Waals surface area contributed by atoms with Crippen LogP contribution in [0, 0.1) is 11.8 Å². The van der Waals surface area contributed by atoms with E-state index >= 15 is 0 Å². The molecule has 2 heterocycles. The molecule has 0 radical (unpaired) electrons. The first kappa shape index (κ1) is 16.2. The summed E-state index contributed by atoms with van der Waals surface area (Å²) in [6, 6.07) is 9.03. The molecule has 0 bridgehead atoms. The Balaban J connectivity index is 1.24. The first-order chi connectivity index (χ1) is 12.4. The molecule has 2 unspecified atom stereocenters. The van der Waals surface area contributed by atoms with Gasteiger partial charge in [0.1, 0.15) is 6.61 Å². The van der Waals surface area contributed by atoms with Gasteiger partial charge in [-0.1, -0.05) is 38.1 Å². The molecule has 2 aliphatic carbocycles. The first-order valence-corrected chi connectivity index (χ1v) is 9.75. The van der Waals surface area contributed by atoms with Crippen molar-refractivity contribution < 1.29 is 14.3 Å². The first-order valence-electron chi connectivity index (χ1n) is 9.75. The molecule has 1 aromatic carbocycles. The van der Waals surface area contributed by atoms with Crippen molar-refractivity contribution in [2.24, 2.45) is 11.8 Å². The quantitative estimate of drug-likeness (QED) is 0.908. The molecular formula is C21H26N2O3. The van der Waals surface area contributed by atoms with E-state index in [9.17, 15) is 9.59 Å². The number of rotatable bonds is 3. The third kappa shape index (κ3) is 2.29. The summed E-state index contributed by atoms with van der Waals surface area (Å²) in [5.41, 5.74) is 2.68. The summed E-state index contributed by atoms with van der Waals surface area (Å²) in [4.78, 5) is 26.2. The fraction of sp³-hybridized carbons (Fsp3) is 0.619. The normalized spacial score (nSPS) is 37.3. The summed E-state index contributed by atoms with van der Waals surface area (Å²) >= 11 is 0. The molecule has 2 aliphatic heterocycles. The Kier molecular flexibility index (Phi) is 3.26. The molecule has 1 aromatic rings. The minimum atomic E-state index is -0.345. The number of benzene rings is 1. The number of hydrogen-bond acceptors (Lipinski definition) is 3. The van der Waals surface area contributed by atoms with Gasteiger partial charge in [-0.2, -0.15) is 0 Å². The van der Waals surface area contributed by atoms with Gasteiger partial charge in [0.25, 0.3) is 0 Å². The van der Waals surface area contributed by atoms with Crippen LogP contribution in [0.4, 0.5) is 4.79 Å². The van der Waals surface area contributed by atoms with E-state index in [1.54, 1.807) is 0 Å².